The number of fused-ring (bicyclic) bond motifs is 2. The van der Waals surface area contributed by atoms with Gasteiger partial charge in [0.25, 0.3) is 0 Å². The molecular formula is C29H30FN3O4. The van der Waals surface area contributed by atoms with E-state index in [-0.39, 0.29) is 5.75 Å². The van der Waals surface area contributed by atoms with Crippen LogP contribution in [0.5, 0.6) is 5.75 Å². The minimum absolute atomic E-state index is 0.266. The van der Waals surface area contributed by atoms with Crippen LogP contribution in [0.1, 0.15) is 55.7 Å². The van der Waals surface area contributed by atoms with Gasteiger partial charge in [-0.2, -0.15) is 5.10 Å². The molecule has 0 saturated heterocycles. The maximum Gasteiger partial charge on any atom is 0.337 e. The number of hydrogen-bond donors (Lipinski definition) is 1. The van der Waals surface area contributed by atoms with Crippen LogP contribution < -0.4 is 4.74 Å². The first-order chi connectivity index (χ1) is 17.5. The molecule has 0 fully saturated rings. The fraction of sp³-hybridized carbons (Fsp3) is 0.345. The lowest BCUT2D eigenvalue weighted by molar-refractivity contribution is -0.160. The number of nitrogens with zero attached hydrogens (tertiary/aromatic N) is 3. The first-order valence-electron chi connectivity index (χ1n) is 12.4. The number of halogens is 1. The highest BCUT2D eigenvalue weighted by Gasteiger charge is 2.34. The van der Waals surface area contributed by atoms with Crippen molar-refractivity contribution in [2.24, 2.45) is 0 Å². The summed E-state index contributed by atoms with van der Waals surface area (Å²) in [6.45, 7) is 9.52. The van der Waals surface area contributed by atoms with Crippen molar-refractivity contribution >= 4 is 11.6 Å². The Hall–Kier alpha value is -3.78. The van der Waals surface area contributed by atoms with E-state index in [2.05, 4.69) is 0 Å². The Kier molecular flexibility index (Phi) is 6.23. The van der Waals surface area contributed by atoms with E-state index >= 15 is 4.39 Å². The van der Waals surface area contributed by atoms with Crippen LogP contribution in [0.3, 0.4) is 0 Å². The molecule has 37 heavy (non-hydrogen) atoms. The predicted octanol–water partition coefficient (Wildman–Crippen LogP) is 6.09. The number of ether oxygens (including phenoxy) is 2. The van der Waals surface area contributed by atoms with Crippen molar-refractivity contribution in [3.05, 3.63) is 70.7 Å². The highest BCUT2D eigenvalue weighted by atomic mass is 19.1. The molecule has 192 valence electrons. The summed E-state index contributed by atoms with van der Waals surface area (Å²) >= 11 is 0. The van der Waals surface area contributed by atoms with E-state index in [0.29, 0.717) is 46.9 Å². The molecule has 0 bridgehead atoms. The average molecular weight is 504 g/mol. The zero-order valence-corrected chi connectivity index (χ0v) is 21.6. The molecule has 0 saturated carbocycles. The second kappa shape index (κ2) is 9.27. The fourth-order valence-electron chi connectivity index (χ4n) is 4.95. The highest BCUT2D eigenvalue weighted by Crippen LogP contribution is 2.42. The molecule has 1 atom stereocenters. The number of carboxylic acid groups (broad SMARTS) is 1. The van der Waals surface area contributed by atoms with Crippen molar-refractivity contribution in [2.45, 2.75) is 59.2 Å². The van der Waals surface area contributed by atoms with Crippen LogP contribution >= 0.6 is 0 Å². The Morgan fingerprint density at radius 3 is 2.59 bits per heavy atom. The molecule has 1 unspecified atom stereocenters. The van der Waals surface area contributed by atoms with E-state index in [1.807, 2.05) is 43.3 Å². The van der Waals surface area contributed by atoms with E-state index in [9.17, 15) is 9.90 Å². The Labute approximate surface area is 214 Å². The molecule has 8 heteroatoms. The number of benzene rings is 2. The normalized spacial score (nSPS) is 14.3. The van der Waals surface area contributed by atoms with Crippen molar-refractivity contribution in [2.75, 3.05) is 6.61 Å². The maximum atomic E-state index is 15.4. The summed E-state index contributed by atoms with van der Waals surface area (Å²) in [7, 11) is 0. The number of carboxylic acids is 1. The van der Waals surface area contributed by atoms with Crippen molar-refractivity contribution < 1.29 is 23.8 Å². The molecule has 0 radical (unpaired) electrons. The Morgan fingerprint density at radius 1 is 1.19 bits per heavy atom. The second-order valence-corrected chi connectivity index (χ2v) is 10.4. The Balaban J connectivity index is 1.87. The van der Waals surface area contributed by atoms with E-state index in [0.717, 1.165) is 23.1 Å². The molecule has 3 heterocycles. The van der Waals surface area contributed by atoms with Gasteiger partial charge in [0.2, 0.25) is 0 Å². The van der Waals surface area contributed by atoms with Gasteiger partial charge in [-0.3, -0.25) is 0 Å². The molecule has 2 aromatic heterocycles. The van der Waals surface area contributed by atoms with Crippen LogP contribution in [0, 0.1) is 19.7 Å². The molecule has 0 spiro atoms. The van der Waals surface area contributed by atoms with Gasteiger partial charge in [0.15, 0.2) is 23.3 Å². The number of hydrogen-bond acceptors (Lipinski definition) is 5. The smallest absolute Gasteiger partial charge is 0.337 e. The van der Waals surface area contributed by atoms with Gasteiger partial charge < -0.3 is 14.6 Å². The molecule has 2 aromatic carbocycles. The second-order valence-electron chi connectivity index (χ2n) is 10.4. The van der Waals surface area contributed by atoms with Gasteiger partial charge in [-0.1, -0.05) is 30.3 Å². The minimum Gasteiger partial charge on any atom is -0.490 e. The summed E-state index contributed by atoms with van der Waals surface area (Å²) in [5.41, 5.74) is 4.76. The van der Waals surface area contributed by atoms with Gasteiger partial charge in [0, 0.05) is 34.0 Å². The number of carbonyl (C=O) groups is 1. The van der Waals surface area contributed by atoms with E-state index < -0.39 is 23.5 Å². The van der Waals surface area contributed by atoms with Crippen LogP contribution in [0.25, 0.3) is 28.2 Å². The topological polar surface area (TPSA) is 86.0 Å². The molecule has 1 aliphatic rings. The summed E-state index contributed by atoms with van der Waals surface area (Å²) < 4.78 is 28.7. The number of aliphatic carboxylic acids is 1. The lowest BCUT2D eigenvalue weighted by Gasteiger charge is -2.28. The molecular weight excluding hydrogens is 473 g/mol. The first-order valence-corrected chi connectivity index (χ1v) is 12.4. The molecule has 7 nitrogen and oxygen atoms in total. The molecule has 0 aliphatic carbocycles. The first kappa shape index (κ1) is 24.9. The summed E-state index contributed by atoms with van der Waals surface area (Å²) in [4.78, 5) is 17.3. The van der Waals surface area contributed by atoms with Crippen molar-refractivity contribution in [3.8, 4) is 28.3 Å². The minimum atomic E-state index is -1.34. The molecule has 5 rings (SSSR count). The Morgan fingerprint density at radius 2 is 1.92 bits per heavy atom. The van der Waals surface area contributed by atoms with Gasteiger partial charge in [-0.15, -0.1) is 0 Å². The van der Waals surface area contributed by atoms with E-state index in [4.69, 9.17) is 19.6 Å². The zero-order valence-electron chi connectivity index (χ0n) is 21.6. The number of rotatable bonds is 5. The number of aryl methyl sites for hydroxylation is 1. The van der Waals surface area contributed by atoms with Gasteiger partial charge in [0.05, 0.1) is 23.6 Å². The summed E-state index contributed by atoms with van der Waals surface area (Å²) in [5.74, 6) is -1.37. The largest absolute Gasteiger partial charge is 0.490 e. The lowest BCUT2D eigenvalue weighted by atomic mass is 9.91. The Bertz CT molecular complexity index is 1510. The van der Waals surface area contributed by atoms with Crippen molar-refractivity contribution in [1.29, 1.82) is 0 Å². The molecule has 1 N–H and O–H groups in total. The van der Waals surface area contributed by atoms with Crippen molar-refractivity contribution in [3.63, 3.8) is 0 Å². The van der Waals surface area contributed by atoms with E-state index in [1.165, 1.54) is 6.07 Å². The third-order valence-electron chi connectivity index (χ3n) is 6.55. The molecule has 0 amide bonds. The van der Waals surface area contributed by atoms with E-state index in [1.54, 1.807) is 32.2 Å². The lowest BCUT2D eigenvalue weighted by Crippen LogP contribution is -2.29. The van der Waals surface area contributed by atoms with Crippen LogP contribution in [-0.4, -0.2) is 37.9 Å². The quantitative estimate of drug-likeness (QED) is 0.355. The fourth-order valence-corrected chi connectivity index (χ4v) is 4.95. The SMILES string of the molecule is Cc1nc2cc(-c3ccccc3)nn2c(-c2cc(F)c3c(c2C)CCCO3)c1C(OC(C)(C)C)C(=O)O. The summed E-state index contributed by atoms with van der Waals surface area (Å²) in [5, 5.41) is 15.1. The third-order valence-corrected chi connectivity index (χ3v) is 6.55. The van der Waals surface area contributed by atoms with Gasteiger partial charge in [-0.05, 0) is 59.1 Å². The zero-order chi connectivity index (χ0) is 26.5. The van der Waals surface area contributed by atoms with Crippen LogP contribution in [-0.2, 0) is 16.0 Å². The van der Waals surface area contributed by atoms with Gasteiger partial charge >= 0.3 is 5.97 Å². The van der Waals surface area contributed by atoms with Crippen LogP contribution in [0.2, 0.25) is 0 Å². The molecule has 1 aliphatic heterocycles. The summed E-state index contributed by atoms with van der Waals surface area (Å²) in [6, 6.07) is 12.9. The van der Waals surface area contributed by atoms with Gasteiger partial charge in [-0.25, -0.2) is 18.7 Å². The highest BCUT2D eigenvalue weighted by molar-refractivity contribution is 5.82. The number of aromatic nitrogens is 3. The average Bonchev–Trinajstić information content (AvgIpc) is 3.28. The van der Waals surface area contributed by atoms with Crippen LogP contribution in [0.4, 0.5) is 4.39 Å². The molecule has 4 aromatic rings. The monoisotopic (exact) mass is 503 g/mol. The van der Waals surface area contributed by atoms with Crippen LogP contribution in [0.15, 0.2) is 42.5 Å². The van der Waals surface area contributed by atoms with Crippen molar-refractivity contribution in [1.82, 2.24) is 14.6 Å². The van der Waals surface area contributed by atoms with Gasteiger partial charge in [0.1, 0.15) is 0 Å². The standard InChI is InChI=1S/C29H30FN3O4/c1-16-19-12-9-13-36-26(19)21(30)14-20(16)25-24(27(28(34)35)37-29(3,4)5)17(2)31-23-15-22(32-33(23)25)18-10-7-6-8-11-18/h6-8,10-11,14-15,27H,9,12-13H2,1-5H3,(H,34,35). The predicted molar refractivity (Wildman–Crippen MR) is 138 cm³/mol. The third kappa shape index (κ3) is 4.57. The maximum absolute atomic E-state index is 15.4. The summed E-state index contributed by atoms with van der Waals surface area (Å²) in [6.07, 6.45) is 0.106.